The summed E-state index contributed by atoms with van der Waals surface area (Å²) in [5.41, 5.74) is 1.42. The fraction of sp³-hybridized carbons (Fsp3) is 0.188. The van der Waals surface area contributed by atoms with Gasteiger partial charge in [-0.05, 0) is 42.8 Å². The van der Waals surface area contributed by atoms with Gasteiger partial charge in [-0.1, -0.05) is 35.3 Å². The van der Waals surface area contributed by atoms with Gasteiger partial charge in [0.15, 0.2) is 0 Å². The van der Waals surface area contributed by atoms with Crippen LogP contribution >= 0.6 is 23.2 Å². The molecule has 0 bridgehead atoms. The molecule has 2 rings (SSSR count). The molecule has 0 aliphatic heterocycles. The van der Waals surface area contributed by atoms with Crippen molar-refractivity contribution in [3.63, 3.8) is 0 Å². The first-order valence-corrected chi connectivity index (χ1v) is 7.17. The van der Waals surface area contributed by atoms with Crippen molar-refractivity contribution in [2.24, 2.45) is 0 Å². The predicted molar refractivity (Wildman–Crippen MR) is 85.1 cm³/mol. The number of phenols is 1. The molecule has 0 heterocycles. The standard InChI is InChI=1S/C16H15Cl2NO2/c1-10(11-3-6-13(17)7-4-11)19(2)16(21)12-5-8-15(20)14(18)9-12/h3-10,20H,1-2H3. The molecule has 0 aromatic heterocycles. The van der Waals surface area contributed by atoms with Crippen LogP contribution in [0.1, 0.15) is 28.9 Å². The number of amides is 1. The maximum absolute atomic E-state index is 12.4. The fourth-order valence-corrected chi connectivity index (χ4v) is 2.29. The summed E-state index contributed by atoms with van der Waals surface area (Å²) in [5, 5.41) is 10.2. The second-order valence-electron chi connectivity index (χ2n) is 4.81. The molecule has 110 valence electrons. The van der Waals surface area contributed by atoms with Crippen LogP contribution < -0.4 is 0 Å². The lowest BCUT2D eigenvalue weighted by molar-refractivity contribution is 0.0742. The summed E-state index contributed by atoms with van der Waals surface area (Å²) in [6.45, 7) is 1.93. The molecular weight excluding hydrogens is 309 g/mol. The first-order valence-electron chi connectivity index (χ1n) is 6.41. The van der Waals surface area contributed by atoms with E-state index in [1.54, 1.807) is 30.1 Å². The maximum atomic E-state index is 12.4. The van der Waals surface area contributed by atoms with E-state index in [0.717, 1.165) is 5.56 Å². The number of rotatable bonds is 3. The Morgan fingerprint density at radius 1 is 1.14 bits per heavy atom. The third-order valence-electron chi connectivity index (χ3n) is 3.45. The SMILES string of the molecule is CC(c1ccc(Cl)cc1)N(C)C(=O)c1ccc(O)c(Cl)c1. The average molecular weight is 324 g/mol. The van der Waals surface area contributed by atoms with Crippen LogP contribution in [-0.4, -0.2) is 23.0 Å². The van der Waals surface area contributed by atoms with Gasteiger partial charge < -0.3 is 10.0 Å². The van der Waals surface area contributed by atoms with Gasteiger partial charge >= 0.3 is 0 Å². The van der Waals surface area contributed by atoms with E-state index in [-0.39, 0.29) is 22.7 Å². The van der Waals surface area contributed by atoms with Crippen molar-refractivity contribution in [2.45, 2.75) is 13.0 Å². The highest BCUT2D eigenvalue weighted by Gasteiger charge is 2.19. The molecule has 0 aliphatic rings. The van der Waals surface area contributed by atoms with Crippen LogP contribution in [0.3, 0.4) is 0 Å². The van der Waals surface area contributed by atoms with Crippen LogP contribution in [0.2, 0.25) is 10.0 Å². The van der Waals surface area contributed by atoms with Crippen molar-refractivity contribution < 1.29 is 9.90 Å². The number of carbonyl (C=O) groups is 1. The number of phenolic OH excluding ortho intramolecular Hbond substituents is 1. The molecule has 21 heavy (non-hydrogen) atoms. The largest absolute Gasteiger partial charge is 0.506 e. The van der Waals surface area contributed by atoms with Gasteiger partial charge in [-0.15, -0.1) is 0 Å². The van der Waals surface area contributed by atoms with Crippen LogP contribution in [0.25, 0.3) is 0 Å². The van der Waals surface area contributed by atoms with E-state index in [1.165, 1.54) is 12.1 Å². The minimum atomic E-state index is -0.167. The highest BCUT2D eigenvalue weighted by Crippen LogP contribution is 2.26. The Bertz CT molecular complexity index is 656. The minimum absolute atomic E-state index is 0.0402. The molecule has 0 saturated heterocycles. The van der Waals surface area contributed by atoms with E-state index in [4.69, 9.17) is 23.2 Å². The Morgan fingerprint density at radius 2 is 1.76 bits per heavy atom. The lowest BCUT2D eigenvalue weighted by Crippen LogP contribution is -2.29. The molecule has 1 N–H and O–H groups in total. The molecule has 5 heteroatoms. The van der Waals surface area contributed by atoms with E-state index < -0.39 is 0 Å². The lowest BCUT2D eigenvalue weighted by atomic mass is 10.1. The number of carbonyl (C=O) groups excluding carboxylic acids is 1. The summed E-state index contributed by atoms with van der Waals surface area (Å²) in [4.78, 5) is 14.1. The lowest BCUT2D eigenvalue weighted by Gasteiger charge is -2.25. The van der Waals surface area contributed by atoms with Gasteiger partial charge in [0, 0.05) is 17.6 Å². The highest BCUT2D eigenvalue weighted by molar-refractivity contribution is 6.32. The van der Waals surface area contributed by atoms with Crippen molar-refractivity contribution in [3.8, 4) is 5.75 Å². The molecule has 0 aliphatic carbocycles. The van der Waals surface area contributed by atoms with Gasteiger partial charge in [0.1, 0.15) is 5.75 Å². The molecule has 0 radical (unpaired) electrons. The molecular formula is C16H15Cl2NO2. The van der Waals surface area contributed by atoms with Crippen molar-refractivity contribution >= 4 is 29.1 Å². The number of nitrogens with zero attached hydrogens (tertiary/aromatic N) is 1. The summed E-state index contributed by atoms with van der Waals surface area (Å²) in [6, 6.07) is 11.7. The van der Waals surface area contributed by atoms with Crippen molar-refractivity contribution in [1.82, 2.24) is 4.90 Å². The Kier molecular flexibility index (Phi) is 4.76. The van der Waals surface area contributed by atoms with Gasteiger partial charge in [-0.3, -0.25) is 4.79 Å². The molecule has 0 fully saturated rings. The second-order valence-corrected chi connectivity index (χ2v) is 5.65. The van der Waals surface area contributed by atoms with E-state index >= 15 is 0 Å². The zero-order valence-corrected chi connectivity index (χ0v) is 13.2. The highest BCUT2D eigenvalue weighted by atomic mass is 35.5. The average Bonchev–Trinajstić information content (AvgIpc) is 2.48. The summed E-state index contributed by atoms with van der Waals surface area (Å²) in [7, 11) is 1.72. The number of aromatic hydroxyl groups is 1. The number of hydrogen-bond donors (Lipinski definition) is 1. The van der Waals surface area contributed by atoms with Crippen molar-refractivity contribution in [3.05, 3.63) is 63.6 Å². The third-order valence-corrected chi connectivity index (χ3v) is 4.00. The molecule has 3 nitrogen and oxygen atoms in total. The zero-order chi connectivity index (χ0) is 15.6. The van der Waals surface area contributed by atoms with Gasteiger partial charge in [-0.2, -0.15) is 0 Å². The smallest absolute Gasteiger partial charge is 0.254 e. The Hall–Kier alpha value is -1.71. The number of halogens is 2. The summed E-state index contributed by atoms with van der Waals surface area (Å²) in [5.74, 6) is -0.207. The quantitative estimate of drug-likeness (QED) is 0.901. The first kappa shape index (κ1) is 15.7. The molecule has 0 spiro atoms. The van der Waals surface area contributed by atoms with Gasteiger partial charge in [-0.25, -0.2) is 0 Å². The number of hydrogen-bond acceptors (Lipinski definition) is 2. The Balaban J connectivity index is 2.21. The van der Waals surface area contributed by atoms with Crippen LogP contribution in [0.4, 0.5) is 0 Å². The summed E-state index contributed by atoms with van der Waals surface area (Å²) < 4.78 is 0. The molecule has 1 atom stereocenters. The normalized spacial score (nSPS) is 12.0. The van der Waals surface area contributed by atoms with Crippen LogP contribution in [0.15, 0.2) is 42.5 Å². The topological polar surface area (TPSA) is 40.5 Å². The maximum Gasteiger partial charge on any atom is 0.254 e. The van der Waals surface area contributed by atoms with E-state index in [0.29, 0.717) is 10.6 Å². The zero-order valence-electron chi connectivity index (χ0n) is 11.7. The van der Waals surface area contributed by atoms with E-state index in [2.05, 4.69) is 0 Å². The molecule has 2 aromatic carbocycles. The fourth-order valence-electron chi connectivity index (χ4n) is 1.98. The van der Waals surface area contributed by atoms with Crippen LogP contribution in [0.5, 0.6) is 5.75 Å². The molecule has 1 amide bonds. The molecule has 0 saturated carbocycles. The summed E-state index contributed by atoms with van der Waals surface area (Å²) in [6.07, 6.45) is 0. The van der Waals surface area contributed by atoms with Gasteiger partial charge in [0.25, 0.3) is 5.91 Å². The third kappa shape index (κ3) is 3.49. The van der Waals surface area contributed by atoms with E-state index in [1.807, 2.05) is 19.1 Å². The monoisotopic (exact) mass is 323 g/mol. The second kappa shape index (κ2) is 6.37. The number of benzene rings is 2. The van der Waals surface area contributed by atoms with Crippen LogP contribution in [-0.2, 0) is 0 Å². The minimum Gasteiger partial charge on any atom is -0.506 e. The molecule has 1 unspecified atom stereocenters. The Morgan fingerprint density at radius 3 is 2.33 bits per heavy atom. The molecule has 2 aromatic rings. The predicted octanol–water partition coefficient (Wildman–Crippen LogP) is 4.53. The van der Waals surface area contributed by atoms with Crippen molar-refractivity contribution in [1.29, 1.82) is 0 Å². The summed E-state index contributed by atoms with van der Waals surface area (Å²) >= 11 is 11.7. The van der Waals surface area contributed by atoms with Gasteiger partial charge in [0.05, 0.1) is 11.1 Å². The first-order chi connectivity index (χ1) is 9.90. The van der Waals surface area contributed by atoms with E-state index in [9.17, 15) is 9.90 Å². The van der Waals surface area contributed by atoms with Crippen LogP contribution in [0, 0.1) is 0 Å². The van der Waals surface area contributed by atoms with Crippen molar-refractivity contribution in [2.75, 3.05) is 7.05 Å². The Labute approximate surface area is 133 Å². The van der Waals surface area contributed by atoms with Gasteiger partial charge in [0.2, 0.25) is 0 Å².